The molecule has 2 heteroatoms. The summed E-state index contributed by atoms with van der Waals surface area (Å²) in [6.45, 7) is 0. The molecule has 0 radical (unpaired) electrons. The summed E-state index contributed by atoms with van der Waals surface area (Å²) in [5.41, 5.74) is 0. The van der Waals surface area contributed by atoms with Gasteiger partial charge in [-0.05, 0) is 6.08 Å². The molecule has 0 atom stereocenters. The van der Waals surface area contributed by atoms with Gasteiger partial charge < -0.3 is 5.11 Å². The van der Waals surface area contributed by atoms with Crippen LogP contribution in [0.3, 0.4) is 0 Å². The van der Waals surface area contributed by atoms with Crippen molar-refractivity contribution < 1.29 is 31.3 Å². The van der Waals surface area contributed by atoms with Gasteiger partial charge in [0.15, 0.2) is 0 Å². The van der Waals surface area contributed by atoms with E-state index in [9.17, 15) is 0 Å². The van der Waals surface area contributed by atoms with Gasteiger partial charge in [0.05, 0.1) is 5.76 Å². The molecular formula is C5H6OZr. The van der Waals surface area contributed by atoms with E-state index < -0.39 is 0 Å². The van der Waals surface area contributed by atoms with Crippen molar-refractivity contribution in [3.8, 4) is 0 Å². The normalized spacial score (nSPS) is 15.7. The van der Waals surface area contributed by atoms with Gasteiger partial charge in [0.25, 0.3) is 0 Å². The summed E-state index contributed by atoms with van der Waals surface area (Å²) in [6, 6.07) is 0. The molecule has 0 aromatic heterocycles. The number of aliphatic hydroxyl groups excluding tert-OH is 1. The van der Waals surface area contributed by atoms with Gasteiger partial charge in [-0.2, -0.15) is 0 Å². The monoisotopic (exact) mass is 172 g/mol. The molecule has 1 rings (SSSR count). The Labute approximate surface area is 61.9 Å². The van der Waals surface area contributed by atoms with E-state index in [1.807, 2.05) is 12.2 Å². The van der Waals surface area contributed by atoms with Crippen LogP contribution in [-0.2, 0) is 26.2 Å². The maximum Gasteiger partial charge on any atom is 0.0960 e. The standard InChI is InChI=1S/C5H6O.Zr/c6-5-3-1-2-4-5;/h1-3,6H,4H2;. The predicted octanol–water partition coefficient (Wildman–Crippen LogP) is 1.39. The zero-order valence-electron chi connectivity index (χ0n) is 3.89. The molecule has 0 saturated carbocycles. The number of allylic oxidation sites excluding steroid dienone is 3. The predicted molar refractivity (Wildman–Crippen MR) is 24.5 cm³/mol. The van der Waals surface area contributed by atoms with Crippen LogP contribution in [0, 0.1) is 0 Å². The van der Waals surface area contributed by atoms with Gasteiger partial charge in [0.1, 0.15) is 0 Å². The Morgan fingerprint density at radius 2 is 2.29 bits per heavy atom. The van der Waals surface area contributed by atoms with E-state index in [1.54, 1.807) is 6.08 Å². The average Bonchev–Trinajstić information content (AvgIpc) is 1.86. The van der Waals surface area contributed by atoms with Crippen LogP contribution >= 0.6 is 0 Å². The zero-order valence-corrected chi connectivity index (χ0v) is 6.34. The summed E-state index contributed by atoms with van der Waals surface area (Å²) in [7, 11) is 0. The largest absolute Gasteiger partial charge is 0.512 e. The first-order valence-electron chi connectivity index (χ1n) is 1.94. The van der Waals surface area contributed by atoms with Gasteiger partial charge in [-0.15, -0.1) is 0 Å². The third kappa shape index (κ3) is 2.08. The summed E-state index contributed by atoms with van der Waals surface area (Å²) < 4.78 is 0. The fourth-order valence-electron chi connectivity index (χ4n) is 0.436. The summed E-state index contributed by atoms with van der Waals surface area (Å²) >= 11 is 0. The van der Waals surface area contributed by atoms with Crippen LogP contribution in [0.2, 0.25) is 0 Å². The van der Waals surface area contributed by atoms with Crippen molar-refractivity contribution in [2.45, 2.75) is 6.42 Å². The fraction of sp³-hybridized carbons (Fsp3) is 0.200. The Hall–Kier alpha value is 0.163. The number of hydrogen-bond donors (Lipinski definition) is 1. The summed E-state index contributed by atoms with van der Waals surface area (Å²) in [4.78, 5) is 0. The molecule has 0 aromatic rings. The van der Waals surface area contributed by atoms with E-state index in [4.69, 9.17) is 5.11 Å². The minimum atomic E-state index is 0. The van der Waals surface area contributed by atoms with Crippen molar-refractivity contribution in [3.63, 3.8) is 0 Å². The Morgan fingerprint density at radius 3 is 2.43 bits per heavy atom. The van der Waals surface area contributed by atoms with E-state index in [-0.39, 0.29) is 26.2 Å². The first-order chi connectivity index (χ1) is 2.89. The number of aliphatic hydroxyl groups is 1. The van der Waals surface area contributed by atoms with Crippen molar-refractivity contribution in [1.82, 2.24) is 0 Å². The molecule has 0 aliphatic heterocycles. The van der Waals surface area contributed by atoms with Crippen molar-refractivity contribution >= 4 is 0 Å². The summed E-state index contributed by atoms with van der Waals surface area (Å²) in [5.74, 6) is 0.468. The maximum absolute atomic E-state index is 8.53. The molecule has 1 N–H and O–H groups in total. The van der Waals surface area contributed by atoms with Gasteiger partial charge >= 0.3 is 0 Å². The second-order valence-corrected chi connectivity index (χ2v) is 1.29. The Balaban J connectivity index is 0.000000360. The van der Waals surface area contributed by atoms with Crippen molar-refractivity contribution in [2.75, 3.05) is 0 Å². The minimum Gasteiger partial charge on any atom is -0.512 e. The van der Waals surface area contributed by atoms with Crippen LogP contribution in [-0.4, -0.2) is 5.11 Å². The van der Waals surface area contributed by atoms with Crippen molar-refractivity contribution in [2.24, 2.45) is 0 Å². The van der Waals surface area contributed by atoms with E-state index in [2.05, 4.69) is 0 Å². The molecule has 0 aromatic carbocycles. The molecule has 0 heterocycles. The van der Waals surface area contributed by atoms with E-state index in [0.29, 0.717) is 5.76 Å². The average molecular weight is 173 g/mol. The molecule has 7 heavy (non-hydrogen) atoms. The fourth-order valence-corrected chi connectivity index (χ4v) is 0.436. The van der Waals surface area contributed by atoms with E-state index >= 15 is 0 Å². The maximum atomic E-state index is 8.53. The second kappa shape index (κ2) is 3.20. The molecular weight excluding hydrogens is 167 g/mol. The topological polar surface area (TPSA) is 20.2 Å². The molecule has 1 aliphatic carbocycles. The first-order valence-corrected chi connectivity index (χ1v) is 1.94. The van der Waals surface area contributed by atoms with Crippen LogP contribution in [0.1, 0.15) is 6.42 Å². The van der Waals surface area contributed by atoms with Crippen molar-refractivity contribution in [3.05, 3.63) is 24.0 Å². The number of hydrogen-bond acceptors (Lipinski definition) is 1. The van der Waals surface area contributed by atoms with Crippen LogP contribution < -0.4 is 0 Å². The van der Waals surface area contributed by atoms with Gasteiger partial charge in [0.2, 0.25) is 0 Å². The van der Waals surface area contributed by atoms with Gasteiger partial charge in [-0.25, -0.2) is 0 Å². The molecule has 0 unspecified atom stereocenters. The zero-order chi connectivity index (χ0) is 4.41. The van der Waals surface area contributed by atoms with Gasteiger partial charge in [-0.3, -0.25) is 0 Å². The quantitative estimate of drug-likeness (QED) is 0.587. The molecule has 0 amide bonds. The van der Waals surface area contributed by atoms with E-state index in [1.165, 1.54) is 0 Å². The van der Waals surface area contributed by atoms with E-state index in [0.717, 1.165) is 6.42 Å². The summed E-state index contributed by atoms with van der Waals surface area (Å²) in [5, 5.41) is 8.53. The first kappa shape index (κ1) is 7.16. The molecule has 0 bridgehead atoms. The molecule has 1 nitrogen and oxygen atoms in total. The SMILES string of the molecule is OC1=CC=CC1.[Zr]. The Morgan fingerprint density at radius 1 is 1.57 bits per heavy atom. The molecule has 0 saturated heterocycles. The minimum absolute atomic E-state index is 0. The molecule has 1 aliphatic rings. The molecule has 36 valence electrons. The van der Waals surface area contributed by atoms with Crippen LogP contribution in [0.5, 0.6) is 0 Å². The molecule has 0 fully saturated rings. The van der Waals surface area contributed by atoms with Gasteiger partial charge in [-0.1, -0.05) is 12.2 Å². The second-order valence-electron chi connectivity index (χ2n) is 1.29. The van der Waals surface area contributed by atoms with Crippen molar-refractivity contribution in [1.29, 1.82) is 0 Å². The molecule has 0 spiro atoms. The Kier molecular flexibility index (Phi) is 3.28. The third-order valence-corrected chi connectivity index (χ3v) is 0.752. The third-order valence-electron chi connectivity index (χ3n) is 0.752. The van der Waals surface area contributed by atoms with Crippen LogP contribution in [0.4, 0.5) is 0 Å². The van der Waals surface area contributed by atoms with Crippen LogP contribution in [0.15, 0.2) is 24.0 Å². The van der Waals surface area contributed by atoms with Crippen LogP contribution in [0.25, 0.3) is 0 Å². The number of rotatable bonds is 0. The van der Waals surface area contributed by atoms with Gasteiger partial charge in [0, 0.05) is 32.6 Å². The summed E-state index contributed by atoms with van der Waals surface area (Å²) in [6.07, 6.45) is 6.17. The smallest absolute Gasteiger partial charge is 0.0960 e. The Bertz CT molecular complexity index is 105.